The minimum atomic E-state index is -1.41. The summed E-state index contributed by atoms with van der Waals surface area (Å²) < 4.78 is 16.4. The number of aryl methyl sites for hydroxylation is 1. The van der Waals surface area contributed by atoms with Crippen LogP contribution in [0.1, 0.15) is 12.5 Å². The highest BCUT2D eigenvalue weighted by atomic mass is 16.7. The van der Waals surface area contributed by atoms with Crippen molar-refractivity contribution in [3.63, 3.8) is 0 Å². The van der Waals surface area contributed by atoms with Crippen LogP contribution in [-0.4, -0.2) is 58.5 Å². The highest BCUT2D eigenvalue weighted by Gasteiger charge is 2.46. The zero-order valence-corrected chi connectivity index (χ0v) is 14.8. The average Bonchev–Trinajstić information content (AvgIpc) is 2.60. The number of hydrogen-bond donors (Lipinski definition) is 4. The first-order valence-corrected chi connectivity index (χ1v) is 8.41. The predicted octanol–water partition coefficient (Wildman–Crippen LogP) is -0.576. The van der Waals surface area contributed by atoms with Crippen molar-refractivity contribution in [2.75, 3.05) is 6.61 Å². The maximum absolute atomic E-state index is 11.6. The van der Waals surface area contributed by atoms with Gasteiger partial charge in [0, 0.05) is 24.4 Å². The van der Waals surface area contributed by atoms with Gasteiger partial charge in [0.2, 0.25) is 12.2 Å². The molecule has 1 aromatic heterocycles. The summed E-state index contributed by atoms with van der Waals surface area (Å²) in [7, 11) is 0. The Labute approximate surface area is 154 Å². The molecule has 4 N–H and O–H groups in total. The van der Waals surface area contributed by atoms with E-state index in [2.05, 4.69) is 5.32 Å². The highest BCUT2D eigenvalue weighted by Crippen LogP contribution is 2.27. The molecule has 5 atom stereocenters. The number of benzene rings is 1. The maximum Gasteiger partial charge on any atom is 0.336 e. The smallest absolute Gasteiger partial charge is 0.336 e. The summed E-state index contributed by atoms with van der Waals surface area (Å²) in [4.78, 5) is 23.0. The molecule has 1 fully saturated rings. The third-order valence-electron chi connectivity index (χ3n) is 4.43. The average molecular weight is 379 g/mol. The van der Waals surface area contributed by atoms with Gasteiger partial charge in [-0.1, -0.05) is 0 Å². The topological polar surface area (TPSA) is 138 Å². The van der Waals surface area contributed by atoms with E-state index >= 15 is 0 Å². The fourth-order valence-electron chi connectivity index (χ4n) is 3.08. The SMILES string of the molecule is CC(=O)N[C@H]1C(O)[C@H](O)C(CO)O[C@H]1Oc1ccc2c(C)cc(=O)oc2c1. The van der Waals surface area contributed by atoms with Gasteiger partial charge in [-0.05, 0) is 24.6 Å². The van der Waals surface area contributed by atoms with E-state index in [0.717, 1.165) is 10.9 Å². The highest BCUT2D eigenvalue weighted by molar-refractivity contribution is 5.81. The van der Waals surface area contributed by atoms with Gasteiger partial charge in [-0.25, -0.2) is 4.79 Å². The van der Waals surface area contributed by atoms with Crippen LogP contribution < -0.4 is 15.7 Å². The molecule has 9 heteroatoms. The summed E-state index contributed by atoms with van der Waals surface area (Å²) in [5.41, 5.74) is 0.557. The summed E-state index contributed by atoms with van der Waals surface area (Å²) in [5, 5.41) is 32.9. The monoisotopic (exact) mass is 379 g/mol. The molecule has 0 aliphatic carbocycles. The quantitative estimate of drug-likeness (QED) is 0.518. The molecule has 1 amide bonds. The van der Waals surface area contributed by atoms with E-state index in [1.807, 2.05) is 0 Å². The molecule has 27 heavy (non-hydrogen) atoms. The van der Waals surface area contributed by atoms with Crippen LogP contribution in [0.4, 0.5) is 0 Å². The molecule has 0 radical (unpaired) electrons. The van der Waals surface area contributed by atoms with Crippen molar-refractivity contribution in [1.29, 1.82) is 0 Å². The van der Waals surface area contributed by atoms with Crippen LogP contribution >= 0.6 is 0 Å². The van der Waals surface area contributed by atoms with Gasteiger partial charge in [-0.3, -0.25) is 4.79 Å². The summed E-state index contributed by atoms with van der Waals surface area (Å²) in [6.45, 7) is 2.48. The molecule has 1 saturated heterocycles. The molecule has 9 nitrogen and oxygen atoms in total. The molecule has 2 unspecified atom stereocenters. The Kier molecular flexibility index (Phi) is 5.47. The zero-order chi connectivity index (χ0) is 19.7. The molecule has 1 aliphatic rings. The van der Waals surface area contributed by atoms with Crippen molar-refractivity contribution in [3.8, 4) is 5.75 Å². The van der Waals surface area contributed by atoms with E-state index < -0.39 is 48.8 Å². The first-order chi connectivity index (χ1) is 12.8. The molecule has 146 valence electrons. The van der Waals surface area contributed by atoms with E-state index in [1.54, 1.807) is 19.1 Å². The van der Waals surface area contributed by atoms with Gasteiger partial charge in [0.15, 0.2) is 0 Å². The third-order valence-corrected chi connectivity index (χ3v) is 4.43. The standard InChI is InChI=1S/C18H21NO8/c1-8-5-14(22)26-12-6-10(3-4-11(8)12)25-18-15(19-9(2)21)17(24)16(23)13(7-20)27-18/h3-6,13,15-18,20,23-24H,7H2,1-2H3,(H,19,21)/t13?,15-,16+,17?,18+/m0/s1. The first-order valence-electron chi connectivity index (χ1n) is 8.41. The summed E-state index contributed by atoms with van der Waals surface area (Å²) in [6.07, 6.45) is -5.08. The van der Waals surface area contributed by atoms with Crippen molar-refractivity contribution in [2.24, 2.45) is 0 Å². The Hall–Kier alpha value is -2.46. The van der Waals surface area contributed by atoms with Crippen LogP contribution in [0.25, 0.3) is 11.0 Å². The Balaban J connectivity index is 1.91. The Bertz CT molecular complexity index is 895. The normalized spacial score (nSPS) is 28.1. The Morgan fingerprint density at radius 2 is 2.00 bits per heavy atom. The summed E-state index contributed by atoms with van der Waals surface area (Å²) in [5.74, 6) is -0.192. The maximum atomic E-state index is 11.6. The fourth-order valence-corrected chi connectivity index (χ4v) is 3.08. The van der Waals surface area contributed by atoms with Gasteiger partial charge in [-0.2, -0.15) is 0 Å². The molecule has 0 saturated carbocycles. The number of aliphatic hydroxyl groups excluding tert-OH is 3. The second-order valence-corrected chi connectivity index (χ2v) is 6.46. The molecular weight excluding hydrogens is 358 g/mol. The van der Waals surface area contributed by atoms with Gasteiger partial charge < -0.3 is 34.5 Å². The van der Waals surface area contributed by atoms with Crippen LogP contribution in [-0.2, 0) is 9.53 Å². The van der Waals surface area contributed by atoms with E-state index in [0.29, 0.717) is 5.58 Å². The lowest BCUT2D eigenvalue weighted by molar-refractivity contribution is -0.244. The lowest BCUT2D eigenvalue weighted by Gasteiger charge is -2.42. The van der Waals surface area contributed by atoms with Gasteiger partial charge >= 0.3 is 5.63 Å². The van der Waals surface area contributed by atoms with Gasteiger partial charge in [-0.15, -0.1) is 0 Å². The second-order valence-electron chi connectivity index (χ2n) is 6.46. The van der Waals surface area contributed by atoms with Crippen LogP contribution in [0.2, 0.25) is 0 Å². The van der Waals surface area contributed by atoms with Crippen molar-refractivity contribution >= 4 is 16.9 Å². The Morgan fingerprint density at radius 1 is 1.26 bits per heavy atom. The number of fused-ring (bicyclic) bond motifs is 1. The van der Waals surface area contributed by atoms with Gasteiger partial charge in [0.1, 0.15) is 35.7 Å². The zero-order valence-electron chi connectivity index (χ0n) is 14.8. The molecule has 2 aromatic rings. The minimum Gasteiger partial charge on any atom is -0.462 e. The van der Waals surface area contributed by atoms with E-state index in [1.165, 1.54) is 19.1 Å². The third kappa shape index (κ3) is 3.96. The van der Waals surface area contributed by atoms with Crippen molar-refractivity contribution < 1.29 is 34.0 Å². The van der Waals surface area contributed by atoms with Crippen molar-refractivity contribution in [3.05, 3.63) is 40.2 Å². The fraction of sp³-hybridized carbons (Fsp3) is 0.444. The molecule has 0 spiro atoms. The molecule has 1 aromatic carbocycles. The molecule has 0 bridgehead atoms. The van der Waals surface area contributed by atoms with E-state index in [-0.39, 0.29) is 5.75 Å². The number of aliphatic hydroxyl groups is 3. The number of ether oxygens (including phenoxy) is 2. The van der Waals surface area contributed by atoms with Crippen molar-refractivity contribution in [2.45, 2.75) is 44.5 Å². The first kappa shape index (κ1) is 19.3. The van der Waals surface area contributed by atoms with Crippen LogP contribution in [0, 0.1) is 6.92 Å². The number of hydrogen-bond acceptors (Lipinski definition) is 8. The second kappa shape index (κ2) is 7.65. The lowest BCUT2D eigenvalue weighted by Crippen LogP contribution is -2.65. The predicted molar refractivity (Wildman–Crippen MR) is 93.2 cm³/mol. The number of nitrogens with one attached hydrogen (secondary N) is 1. The van der Waals surface area contributed by atoms with Gasteiger partial charge in [0.25, 0.3) is 0 Å². The lowest BCUT2D eigenvalue weighted by atomic mass is 9.97. The van der Waals surface area contributed by atoms with E-state index in [4.69, 9.17) is 13.9 Å². The Morgan fingerprint density at radius 3 is 2.67 bits per heavy atom. The van der Waals surface area contributed by atoms with E-state index in [9.17, 15) is 24.9 Å². The molecule has 3 rings (SSSR count). The number of rotatable bonds is 4. The molecular formula is C18H21NO8. The largest absolute Gasteiger partial charge is 0.462 e. The number of carbonyl (C=O) groups excluding carboxylic acids is 1. The molecule has 1 aliphatic heterocycles. The van der Waals surface area contributed by atoms with Crippen LogP contribution in [0.3, 0.4) is 0 Å². The number of carbonyl (C=O) groups is 1. The minimum absolute atomic E-state index is 0.261. The van der Waals surface area contributed by atoms with Crippen molar-refractivity contribution in [1.82, 2.24) is 5.32 Å². The van der Waals surface area contributed by atoms with Gasteiger partial charge in [0.05, 0.1) is 6.61 Å². The van der Waals surface area contributed by atoms with Crippen LogP contribution in [0.15, 0.2) is 33.5 Å². The number of amides is 1. The summed E-state index contributed by atoms with van der Waals surface area (Å²) >= 11 is 0. The molecule has 2 heterocycles. The van der Waals surface area contributed by atoms with Crippen LogP contribution in [0.5, 0.6) is 5.75 Å². The summed E-state index contributed by atoms with van der Waals surface area (Å²) in [6, 6.07) is 5.12.